The molecule has 4 amide bonds. The monoisotopic (exact) mass is 499 g/mol. The maximum Gasteiger partial charge on any atom is 0.325 e. The number of hydrogen-bond acceptors (Lipinski definition) is 5. The highest BCUT2D eigenvalue weighted by atomic mass is 16.5. The van der Waals surface area contributed by atoms with Gasteiger partial charge in [0.1, 0.15) is 29.3 Å². The summed E-state index contributed by atoms with van der Waals surface area (Å²) in [5.41, 5.74) is 2.56. The van der Waals surface area contributed by atoms with Crippen LogP contribution in [0.3, 0.4) is 0 Å². The highest BCUT2D eigenvalue weighted by Gasteiger charge is 2.49. The molecule has 0 spiro atoms. The van der Waals surface area contributed by atoms with Crippen LogP contribution in [-0.2, 0) is 28.0 Å². The van der Waals surface area contributed by atoms with Crippen molar-refractivity contribution in [3.63, 3.8) is 0 Å². The minimum absolute atomic E-state index is 0.379. The largest absolute Gasteiger partial charge is 0.494 e. The van der Waals surface area contributed by atoms with Gasteiger partial charge >= 0.3 is 6.03 Å². The topological polar surface area (TPSA) is 97.0 Å². The van der Waals surface area contributed by atoms with E-state index in [1.807, 2.05) is 49.4 Å². The summed E-state index contributed by atoms with van der Waals surface area (Å²) in [7, 11) is 0. The number of hydrogen-bond donors (Lipinski definition) is 2. The SMILES string of the molecule is CCOc1ccc(Oc2ccc(NC(=O)CN3C(=O)N[C@@](C)(c4ccc5c(c4)CCC5)C3=O)cc2)cc1. The lowest BCUT2D eigenvalue weighted by atomic mass is 9.89. The molecule has 0 radical (unpaired) electrons. The average molecular weight is 500 g/mol. The fourth-order valence-electron chi connectivity index (χ4n) is 4.78. The van der Waals surface area contributed by atoms with E-state index in [0.717, 1.165) is 35.5 Å². The Balaban J connectivity index is 1.19. The Morgan fingerprint density at radius 2 is 1.59 bits per heavy atom. The fourth-order valence-corrected chi connectivity index (χ4v) is 4.78. The summed E-state index contributed by atoms with van der Waals surface area (Å²) in [6, 6.07) is 19.5. The molecule has 2 N–H and O–H groups in total. The third kappa shape index (κ3) is 5.00. The minimum Gasteiger partial charge on any atom is -0.494 e. The summed E-state index contributed by atoms with van der Waals surface area (Å²) >= 11 is 0. The second-order valence-corrected chi connectivity index (χ2v) is 9.36. The third-order valence-corrected chi connectivity index (χ3v) is 6.76. The van der Waals surface area contributed by atoms with Crippen molar-refractivity contribution in [3.8, 4) is 17.2 Å². The van der Waals surface area contributed by atoms with E-state index < -0.39 is 23.4 Å². The summed E-state index contributed by atoms with van der Waals surface area (Å²) in [6.45, 7) is 3.83. The van der Waals surface area contributed by atoms with E-state index in [0.29, 0.717) is 23.8 Å². The van der Waals surface area contributed by atoms with Crippen LogP contribution in [0.25, 0.3) is 0 Å². The summed E-state index contributed by atoms with van der Waals surface area (Å²) in [6.07, 6.45) is 3.10. The van der Waals surface area contributed by atoms with Crippen molar-refractivity contribution in [2.75, 3.05) is 18.5 Å². The molecular formula is C29H29N3O5. The number of carbonyl (C=O) groups is 3. The lowest BCUT2D eigenvalue weighted by molar-refractivity contribution is -0.133. The highest BCUT2D eigenvalue weighted by Crippen LogP contribution is 2.32. The molecular weight excluding hydrogens is 470 g/mol. The van der Waals surface area contributed by atoms with Gasteiger partial charge in [0.05, 0.1) is 6.61 Å². The van der Waals surface area contributed by atoms with E-state index in [-0.39, 0.29) is 6.54 Å². The normalized spacial score (nSPS) is 18.4. The summed E-state index contributed by atoms with van der Waals surface area (Å²) in [5.74, 6) is 1.11. The maximum atomic E-state index is 13.2. The van der Waals surface area contributed by atoms with Gasteiger partial charge in [-0.05, 0) is 98.3 Å². The highest BCUT2D eigenvalue weighted by molar-refractivity contribution is 6.10. The van der Waals surface area contributed by atoms with Crippen LogP contribution in [0.15, 0.2) is 66.7 Å². The number of nitrogens with zero attached hydrogens (tertiary/aromatic N) is 1. The van der Waals surface area contributed by atoms with Gasteiger partial charge in [0.25, 0.3) is 5.91 Å². The van der Waals surface area contributed by atoms with Gasteiger partial charge in [0, 0.05) is 5.69 Å². The zero-order chi connectivity index (χ0) is 26.0. The predicted molar refractivity (Wildman–Crippen MR) is 139 cm³/mol. The van der Waals surface area contributed by atoms with Crippen molar-refractivity contribution in [2.24, 2.45) is 0 Å². The van der Waals surface area contributed by atoms with Gasteiger partial charge in [-0.3, -0.25) is 14.5 Å². The van der Waals surface area contributed by atoms with Crippen molar-refractivity contribution >= 4 is 23.5 Å². The first kappa shape index (κ1) is 24.4. The number of fused-ring (bicyclic) bond motifs is 1. The second-order valence-electron chi connectivity index (χ2n) is 9.36. The summed E-state index contributed by atoms with van der Waals surface area (Å²) in [5, 5.41) is 5.52. The Morgan fingerprint density at radius 3 is 2.30 bits per heavy atom. The first-order chi connectivity index (χ1) is 17.9. The number of anilines is 1. The number of benzene rings is 3. The van der Waals surface area contributed by atoms with Gasteiger partial charge in [-0.15, -0.1) is 0 Å². The molecule has 37 heavy (non-hydrogen) atoms. The van der Waals surface area contributed by atoms with E-state index in [2.05, 4.69) is 10.6 Å². The number of carbonyl (C=O) groups excluding carboxylic acids is 3. The van der Waals surface area contributed by atoms with Crippen LogP contribution in [0.1, 0.15) is 37.0 Å². The second kappa shape index (κ2) is 9.97. The number of ether oxygens (including phenoxy) is 2. The number of aryl methyl sites for hydroxylation is 2. The van der Waals surface area contributed by atoms with Crippen LogP contribution in [0.4, 0.5) is 10.5 Å². The van der Waals surface area contributed by atoms with Crippen LogP contribution < -0.4 is 20.1 Å². The number of urea groups is 1. The van der Waals surface area contributed by atoms with Crippen LogP contribution in [0.2, 0.25) is 0 Å². The fraction of sp³-hybridized carbons (Fsp3) is 0.276. The third-order valence-electron chi connectivity index (χ3n) is 6.76. The summed E-state index contributed by atoms with van der Waals surface area (Å²) in [4.78, 5) is 39.6. The number of rotatable bonds is 8. The molecule has 190 valence electrons. The lowest BCUT2D eigenvalue weighted by Crippen LogP contribution is -2.42. The first-order valence-electron chi connectivity index (χ1n) is 12.4. The molecule has 5 rings (SSSR count). The lowest BCUT2D eigenvalue weighted by Gasteiger charge is -2.23. The first-order valence-corrected chi connectivity index (χ1v) is 12.4. The molecule has 2 aliphatic rings. The van der Waals surface area contributed by atoms with E-state index in [4.69, 9.17) is 9.47 Å². The molecule has 3 aromatic rings. The number of nitrogens with one attached hydrogen (secondary N) is 2. The molecule has 0 unspecified atom stereocenters. The van der Waals surface area contributed by atoms with Crippen LogP contribution in [0.5, 0.6) is 17.2 Å². The van der Waals surface area contributed by atoms with Crippen molar-refractivity contribution in [2.45, 2.75) is 38.6 Å². The van der Waals surface area contributed by atoms with E-state index in [9.17, 15) is 14.4 Å². The van der Waals surface area contributed by atoms with Crippen molar-refractivity contribution < 1.29 is 23.9 Å². The predicted octanol–water partition coefficient (Wildman–Crippen LogP) is 4.77. The van der Waals surface area contributed by atoms with E-state index in [1.165, 1.54) is 11.1 Å². The van der Waals surface area contributed by atoms with Gasteiger partial charge < -0.3 is 20.1 Å². The van der Waals surface area contributed by atoms with Crippen LogP contribution in [0, 0.1) is 0 Å². The molecule has 1 saturated heterocycles. The van der Waals surface area contributed by atoms with Crippen LogP contribution >= 0.6 is 0 Å². The quantitative estimate of drug-likeness (QED) is 0.435. The van der Waals surface area contributed by atoms with E-state index in [1.54, 1.807) is 31.2 Å². The zero-order valence-electron chi connectivity index (χ0n) is 20.9. The van der Waals surface area contributed by atoms with Crippen LogP contribution in [-0.4, -0.2) is 35.9 Å². The molecule has 3 aromatic carbocycles. The zero-order valence-corrected chi connectivity index (χ0v) is 20.9. The Bertz CT molecular complexity index is 1340. The Kier molecular flexibility index (Phi) is 6.56. The molecule has 0 aromatic heterocycles. The van der Waals surface area contributed by atoms with Gasteiger partial charge in [0.15, 0.2) is 0 Å². The molecule has 1 heterocycles. The van der Waals surface area contributed by atoms with Crippen molar-refractivity contribution in [3.05, 3.63) is 83.4 Å². The van der Waals surface area contributed by atoms with E-state index >= 15 is 0 Å². The van der Waals surface area contributed by atoms with Gasteiger partial charge in [-0.2, -0.15) is 0 Å². The Morgan fingerprint density at radius 1 is 0.946 bits per heavy atom. The maximum absolute atomic E-state index is 13.2. The Labute approximate surface area is 215 Å². The average Bonchev–Trinajstić information content (AvgIpc) is 3.45. The molecule has 8 heteroatoms. The molecule has 1 aliphatic heterocycles. The molecule has 0 bridgehead atoms. The standard InChI is InChI=1S/C29H29N3O5/c1-3-36-23-13-15-25(16-14-23)37-24-11-9-22(10-12-24)30-26(33)18-32-27(34)29(2,31-28(32)35)21-8-7-19-5-4-6-20(19)17-21/h7-17H,3-6,18H2,1-2H3,(H,30,33)(H,31,35)/t29-/m0/s1. The molecule has 1 atom stereocenters. The van der Waals surface area contributed by atoms with Crippen molar-refractivity contribution in [1.29, 1.82) is 0 Å². The molecule has 0 saturated carbocycles. The van der Waals surface area contributed by atoms with Crippen molar-refractivity contribution in [1.82, 2.24) is 10.2 Å². The number of amides is 4. The number of imide groups is 1. The minimum atomic E-state index is -1.20. The molecule has 1 aliphatic carbocycles. The summed E-state index contributed by atoms with van der Waals surface area (Å²) < 4.78 is 11.3. The van der Waals surface area contributed by atoms with Gasteiger partial charge in [0.2, 0.25) is 5.91 Å². The van der Waals surface area contributed by atoms with Gasteiger partial charge in [-0.1, -0.05) is 18.2 Å². The Hall–Kier alpha value is -4.33. The molecule has 8 nitrogen and oxygen atoms in total. The smallest absolute Gasteiger partial charge is 0.325 e. The molecule has 1 fully saturated rings. The van der Waals surface area contributed by atoms with Gasteiger partial charge in [-0.25, -0.2) is 4.79 Å².